The van der Waals surface area contributed by atoms with E-state index in [-0.39, 0.29) is 6.10 Å². The number of ether oxygens (including phenoxy) is 1. The first-order valence-corrected chi connectivity index (χ1v) is 6.38. The Hall–Kier alpha value is -1.07. The molecule has 0 N–H and O–H groups in total. The van der Waals surface area contributed by atoms with E-state index < -0.39 is 11.7 Å². The minimum absolute atomic E-state index is 0.172. The maximum absolute atomic E-state index is 12.5. The van der Waals surface area contributed by atoms with Gasteiger partial charge in [-0.25, -0.2) is 0 Å². The highest BCUT2D eigenvalue weighted by Crippen LogP contribution is 2.29. The second-order valence-electron chi connectivity index (χ2n) is 5.12. The van der Waals surface area contributed by atoms with Crippen LogP contribution in [0.3, 0.4) is 0 Å². The molecular formula is C14H18F3NO. The molecule has 2 unspecified atom stereocenters. The van der Waals surface area contributed by atoms with Crippen LogP contribution in [-0.4, -0.2) is 30.2 Å². The molecule has 19 heavy (non-hydrogen) atoms. The fraction of sp³-hybridized carbons (Fsp3) is 0.571. The van der Waals surface area contributed by atoms with Crippen LogP contribution in [0, 0.1) is 0 Å². The van der Waals surface area contributed by atoms with Crippen molar-refractivity contribution in [1.29, 1.82) is 0 Å². The Morgan fingerprint density at radius 1 is 1.21 bits per heavy atom. The van der Waals surface area contributed by atoms with Crippen molar-refractivity contribution in [2.75, 3.05) is 13.2 Å². The summed E-state index contributed by atoms with van der Waals surface area (Å²) >= 11 is 0. The molecule has 0 aromatic heterocycles. The molecule has 1 aliphatic rings. The molecule has 0 amide bonds. The van der Waals surface area contributed by atoms with E-state index in [1.165, 1.54) is 0 Å². The molecule has 1 aromatic carbocycles. The molecule has 1 fully saturated rings. The normalized spacial score (nSPS) is 25.5. The fourth-order valence-electron chi connectivity index (χ4n) is 2.23. The standard InChI is InChI=1S/C14H18F3NO/c1-10-9-19-11(2)7-18(10)8-12-3-5-13(6-4-12)14(15,16)17/h3-6,10-11H,7-9H2,1-2H3. The molecule has 1 heterocycles. The lowest BCUT2D eigenvalue weighted by molar-refractivity contribution is -0.137. The second-order valence-corrected chi connectivity index (χ2v) is 5.12. The van der Waals surface area contributed by atoms with Crippen molar-refractivity contribution in [3.63, 3.8) is 0 Å². The number of morpholine rings is 1. The minimum atomic E-state index is -4.26. The largest absolute Gasteiger partial charge is 0.416 e. The number of halogens is 3. The fourth-order valence-corrected chi connectivity index (χ4v) is 2.23. The third-order valence-electron chi connectivity index (χ3n) is 3.40. The van der Waals surface area contributed by atoms with E-state index in [0.717, 1.165) is 24.2 Å². The number of rotatable bonds is 2. The summed E-state index contributed by atoms with van der Waals surface area (Å²) in [5, 5.41) is 0. The summed E-state index contributed by atoms with van der Waals surface area (Å²) in [6.45, 7) is 6.21. The summed E-state index contributed by atoms with van der Waals surface area (Å²) in [6.07, 6.45) is -4.09. The van der Waals surface area contributed by atoms with Crippen molar-refractivity contribution in [3.8, 4) is 0 Å². The van der Waals surface area contributed by atoms with Gasteiger partial charge in [-0.3, -0.25) is 4.90 Å². The Bertz CT molecular complexity index is 416. The average Bonchev–Trinajstić information content (AvgIpc) is 2.33. The van der Waals surface area contributed by atoms with E-state index in [1.807, 2.05) is 6.92 Å². The van der Waals surface area contributed by atoms with Crippen molar-refractivity contribution < 1.29 is 17.9 Å². The van der Waals surface area contributed by atoms with Crippen molar-refractivity contribution in [2.24, 2.45) is 0 Å². The number of benzene rings is 1. The highest BCUT2D eigenvalue weighted by Gasteiger charge is 2.30. The molecule has 0 spiro atoms. The Morgan fingerprint density at radius 2 is 1.84 bits per heavy atom. The highest BCUT2D eigenvalue weighted by atomic mass is 19.4. The lowest BCUT2D eigenvalue weighted by Crippen LogP contribution is -2.46. The molecule has 2 nitrogen and oxygen atoms in total. The van der Waals surface area contributed by atoms with Gasteiger partial charge in [-0.2, -0.15) is 13.2 Å². The Balaban J connectivity index is 2.03. The zero-order valence-electron chi connectivity index (χ0n) is 11.1. The number of hydrogen-bond acceptors (Lipinski definition) is 2. The maximum Gasteiger partial charge on any atom is 0.416 e. The SMILES string of the molecule is CC1CN(Cc2ccc(C(F)(F)F)cc2)C(C)CO1. The first-order chi connectivity index (χ1) is 8.86. The van der Waals surface area contributed by atoms with Gasteiger partial charge < -0.3 is 4.74 Å². The molecule has 106 valence electrons. The van der Waals surface area contributed by atoms with Crippen LogP contribution in [0.15, 0.2) is 24.3 Å². The molecule has 1 saturated heterocycles. The van der Waals surface area contributed by atoms with Gasteiger partial charge in [0.05, 0.1) is 18.3 Å². The molecule has 0 aliphatic carbocycles. The molecule has 0 radical (unpaired) electrons. The number of alkyl halides is 3. The molecule has 1 aromatic rings. The summed E-state index contributed by atoms with van der Waals surface area (Å²) < 4.78 is 42.9. The van der Waals surface area contributed by atoms with Crippen molar-refractivity contribution in [1.82, 2.24) is 4.90 Å². The first-order valence-electron chi connectivity index (χ1n) is 6.38. The van der Waals surface area contributed by atoms with E-state index in [9.17, 15) is 13.2 Å². The van der Waals surface area contributed by atoms with Crippen molar-refractivity contribution >= 4 is 0 Å². The predicted molar refractivity (Wildman–Crippen MR) is 66.7 cm³/mol. The highest BCUT2D eigenvalue weighted by molar-refractivity contribution is 5.24. The third kappa shape index (κ3) is 3.70. The van der Waals surface area contributed by atoms with Crippen molar-refractivity contribution in [3.05, 3.63) is 35.4 Å². The second kappa shape index (κ2) is 5.51. The molecule has 0 saturated carbocycles. The molecule has 2 atom stereocenters. The quantitative estimate of drug-likeness (QED) is 0.819. The van der Waals surface area contributed by atoms with Crippen LogP contribution in [0.1, 0.15) is 25.0 Å². The molecule has 2 rings (SSSR count). The van der Waals surface area contributed by atoms with Gasteiger partial charge in [0.1, 0.15) is 0 Å². The minimum Gasteiger partial charge on any atom is -0.376 e. The Labute approximate surface area is 111 Å². The smallest absolute Gasteiger partial charge is 0.376 e. The van der Waals surface area contributed by atoms with E-state index >= 15 is 0 Å². The molecule has 0 bridgehead atoms. The summed E-state index contributed by atoms with van der Waals surface area (Å²) in [5.41, 5.74) is 0.300. The lowest BCUT2D eigenvalue weighted by atomic mass is 10.1. The monoisotopic (exact) mass is 273 g/mol. The van der Waals surface area contributed by atoms with Crippen LogP contribution >= 0.6 is 0 Å². The first kappa shape index (κ1) is 14.3. The average molecular weight is 273 g/mol. The van der Waals surface area contributed by atoms with Gasteiger partial charge in [-0.05, 0) is 31.5 Å². The van der Waals surface area contributed by atoms with Gasteiger partial charge >= 0.3 is 6.18 Å². The van der Waals surface area contributed by atoms with E-state index in [2.05, 4.69) is 11.8 Å². The van der Waals surface area contributed by atoms with Crippen LogP contribution in [0.5, 0.6) is 0 Å². The van der Waals surface area contributed by atoms with E-state index in [0.29, 0.717) is 19.2 Å². The van der Waals surface area contributed by atoms with Crippen LogP contribution in [-0.2, 0) is 17.5 Å². The third-order valence-corrected chi connectivity index (χ3v) is 3.40. The number of hydrogen-bond donors (Lipinski definition) is 0. The molecule has 5 heteroatoms. The topological polar surface area (TPSA) is 12.5 Å². The molecule has 1 aliphatic heterocycles. The van der Waals surface area contributed by atoms with Gasteiger partial charge in [-0.15, -0.1) is 0 Å². The van der Waals surface area contributed by atoms with Gasteiger partial charge in [0.25, 0.3) is 0 Å². The van der Waals surface area contributed by atoms with Gasteiger partial charge in [-0.1, -0.05) is 12.1 Å². The van der Waals surface area contributed by atoms with Crippen LogP contribution in [0.4, 0.5) is 13.2 Å². The predicted octanol–water partition coefficient (Wildman–Crippen LogP) is 3.31. The van der Waals surface area contributed by atoms with Crippen LogP contribution < -0.4 is 0 Å². The van der Waals surface area contributed by atoms with Crippen molar-refractivity contribution in [2.45, 2.75) is 38.7 Å². The van der Waals surface area contributed by atoms with Crippen LogP contribution in [0.25, 0.3) is 0 Å². The lowest BCUT2D eigenvalue weighted by Gasteiger charge is -2.36. The Morgan fingerprint density at radius 3 is 2.42 bits per heavy atom. The maximum atomic E-state index is 12.5. The molecular weight excluding hydrogens is 255 g/mol. The van der Waals surface area contributed by atoms with E-state index in [1.54, 1.807) is 12.1 Å². The zero-order valence-corrected chi connectivity index (χ0v) is 11.1. The zero-order chi connectivity index (χ0) is 14.0. The summed E-state index contributed by atoms with van der Waals surface area (Å²) in [5.74, 6) is 0. The van der Waals surface area contributed by atoms with Gasteiger partial charge in [0, 0.05) is 19.1 Å². The number of nitrogens with zero attached hydrogens (tertiary/aromatic N) is 1. The Kier molecular flexibility index (Phi) is 4.16. The van der Waals surface area contributed by atoms with Gasteiger partial charge in [0.2, 0.25) is 0 Å². The van der Waals surface area contributed by atoms with Gasteiger partial charge in [0.15, 0.2) is 0 Å². The summed E-state index contributed by atoms with van der Waals surface area (Å²) in [7, 11) is 0. The van der Waals surface area contributed by atoms with E-state index in [4.69, 9.17) is 4.74 Å². The summed E-state index contributed by atoms with van der Waals surface area (Å²) in [4.78, 5) is 2.23. The van der Waals surface area contributed by atoms with Crippen LogP contribution in [0.2, 0.25) is 0 Å². The summed E-state index contributed by atoms with van der Waals surface area (Å²) in [6, 6.07) is 5.68.